The average molecular weight is 350 g/mol. The van der Waals surface area contributed by atoms with Crippen molar-refractivity contribution in [1.82, 2.24) is 4.72 Å². The van der Waals surface area contributed by atoms with Crippen LogP contribution in [0, 0.1) is 0 Å². The number of carbonyl (C=O) groups excluding carboxylic acids is 1. The Morgan fingerprint density at radius 2 is 1.71 bits per heavy atom. The molecule has 0 saturated heterocycles. The van der Waals surface area contributed by atoms with Gasteiger partial charge in [0, 0.05) is 37.0 Å². The zero-order valence-corrected chi connectivity index (χ0v) is 14.5. The fraction of sp³-hybridized carbons (Fsp3) is 0.389. The van der Waals surface area contributed by atoms with Gasteiger partial charge in [0.15, 0.2) is 0 Å². The van der Waals surface area contributed by atoms with E-state index in [1.54, 1.807) is 18.2 Å². The molecule has 0 spiro atoms. The SMILES string of the molecule is C.CCCC(=O)CNS(=O)(=O)c1cccc2c(N(C)C)cccc12. The van der Waals surface area contributed by atoms with Crippen molar-refractivity contribution in [2.45, 2.75) is 32.1 Å². The van der Waals surface area contributed by atoms with E-state index in [2.05, 4.69) is 4.72 Å². The van der Waals surface area contributed by atoms with Crippen LogP contribution in [-0.4, -0.2) is 34.8 Å². The summed E-state index contributed by atoms with van der Waals surface area (Å²) in [5, 5.41) is 1.51. The van der Waals surface area contributed by atoms with E-state index in [9.17, 15) is 13.2 Å². The predicted octanol–water partition coefficient (Wildman–Crippen LogP) is 3.19. The van der Waals surface area contributed by atoms with Crippen molar-refractivity contribution in [2.75, 3.05) is 25.5 Å². The topological polar surface area (TPSA) is 66.5 Å². The van der Waals surface area contributed by atoms with Gasteiger partial charge in [-0.15, -0.1) is 0 Å². The number of hydrogen-bond donors (Lipinski definition) is 1. The summed E-state index contributed by atoms with van der Waals surface area (Å²) < 4.78 is 27.5. The molecule has 5 nitrogen and oxygen atoms in total. The highest BCUT2D eigenvalue weighted by Crippen LogP contribution is 2.29. The van der Waals surface area contributed by atoms with Gasteiger partial charge < -0.3 is 4.90 Å². The first-order chi connectivity index (χ1) is 10.9. The molecule has 0 radical (unpaired) electrons. The van der Waals surface area contributed by atoms with Crippen molar-refractivity contribution in [1.29, 1.82) is 0 Å². The number of nitrogens with zero attached hydrogens (tertiary/aromatic N) is 1. The van der Waals surface area contributed by atoms with Crippen molar-refractivity contribution in [3.05, 3.63) is 36.4 Å². The molecule has 0 bridgehead atoms. The maximum Gasteiger partial charge on any atom is 0.241 e. The minimum Gasteiger partial charge on any atom is -0.377 e. The summed E-state index contributed by atoms with van der Waals surface area (Å²) >= 11 is 0. The van der Waals surface area contributed by atoms with Gasteiger partial charge in [0.05, 0.1) is 11.4 Å². The molecule has 0 saturated carbocycles. The molecular formula is C18H26N2O3S. The van der Waals surface area contributed by atoms with Crippen LogP contribution in [0.5, 0.6) is 0 Å². The van der Waals surface area contributed by atoms with E-state index in [1.165, 1.54) is 0 Å². The lowest BCUT2D eigenvalue weighted by Crippen LogP contribution is -2.29. The molecule has 0 aromatic heterocycles. The standard InChI is InChI=1S/C17H22N2O3S.CH4/c1-4-7-13(20)12-18-23(21,22)17-11-6-8-14-15(17)9-5-10-16(14)19(2)3;/h5-6,8-11,18H,4,7,12H2,1-3H3;1H4. The van der Waals surface area contributed by atoms with Gasteiger partial charge in [0.1, 0.15) is 5.78 Å². The Balaban J connectivity index is 0.00000288. The maximum absolute atomic E-state index is 12.6. The third-order valence-electron chi connectivity index (χ3n) is 3.62. The quantitative estimate of drug-likeness (QED) is 0.833. The van der Waals surface area contributed by atoms with E-state index in [0.29, 0.717) is 18.2 Å². The van der Waals surface area contributed by atoms with E-state index in [0.717, 1.165) is 11.1 Å². The van der Waals surface area contributed by atoms with Crippen LogP contribution in [0.2, 0.25) is 0 Å². The van der Waals surface area contributed by atoms with Crippen LogP contribution in [0.1, 0.15) is 27.2 Å². The van der Waals surface area contributed by atoms with Crippen LogP contribution >= 0.6 is 0 Å². The molecular weight excluding hydrogens is 324 g/mol. The molecule has 0 aliphatic rings. The van der Waals surface area contributed by atoms with Crippen LogP contribution in [0.15, 0.2) is 41.3 Å². The Kier molecular flexibility index (Phi) is 6.93. The molecule has 2 aromatic rings. The van der Waals surface area contributed by atoms with Gasteiger partial charge >= 0.3 is 0 Å². The third-order valence-corrected chi connectivity index (χ3v) is 5.08. The molecule has 1 N–H and O–H groups in total. The molecule has 6 heteroatoms. The first kappa shape index (κ1) is 20.1. The van der Waals surface area contributed by atoms with Crippen LogP contribution < -0.4 is 9.62 Å². The fourth-order valence-corrected chi connectivity index (χ4v) is 3.74. The minimum atomic E-state index is -3.73. The number of nitrogens with one attached hydrogen (secondary N) is 1. The summed E-state index contributed by atoms with van der Waals surface area (Å²) in [5.41, 5.74) is 0.946. The average Bonchev–Trinajstić information content (AvgIpc) is 2.52. The molecule has 24 heavy (non-hydrogen) atoms. The number of hydrogen-bond acceptors (Lipinski definition) is 4. The Morgan fingerprint density at radius 3 is 2.33 bits per heavy atom. The minimum absolute atomic E-state index is 0. The first-order valence-corrected chi connectivity index (χ1v) is 9.05. The van der Waals surface area contributed by atoms with Crippen LogP contribution in [0.25, 0.3) is 10.8 Å². The van der Waals surface area contributed by atoms with Crippen molar-refractivity contribution in [2.24, 2.45) is 0 Å². The normalized spacial score (nSPS) is 11.1. The molecule has 0 heterocycles. The monoisotopic (exact) mass is 350 g/mol. The van der Waals surface area contributed by atoms with Crippen molar-refractivity contribution in [3.8, 4) is 0 Å². The van der Waals surface area contributed by atoms with Gasteiger partial charge in [-0.05, 0) is 18.6 Å². The summed E-state index contributed by atoms with van der Waals surface area (Å²) in [7, 11) is 0.0965. The smallest absolute Gasteiger partial charge is 0.241 e. The highest BCUT2D eigenvalue weighted by molar-refractivity contribution is 7.89. The van der Waals surface area contributed by atoms with Gasteiger partial charge in [-0.3, -0.25) is 4.79 Å². The first-order valence-electron chi connectivity index (χ1n) is 7.57. The number of ketones is 1. The van der Waals surface area contributed by atoms with Gasteiger partial charge in [-0.25, -0.2) is 13.1 Å². The molecule has 2 rings (SSSR count). The molecule has 0 aliphatic heterocycles. The molecule has 132 valence electrons. The Bertz CT molecular complexity index is 814. The van der Waals surface area contributed by atoms with E-state index >= 15 is 0 Å². The largest absolute Gasteiger partial charge is 0.377 e. The van der Waals surface area contributed by atoms with Gasteiger partial charge in [-0.2, -0.15) is 0 Å². The van der Waals surface area contributed by atoms with Crippen molar-refractivity contribution in [3.63, 3.8) is 0 Å². The molecule has 0 aliphatic carbocycles. The van der Waals surface area contributed by atoms with Crippen LogP contribution in [0.3, 0.4) is 0 Å². The van der Waals surface area contributed by atoms with Crippen LogP contribution in [-0.2, 0) is 14.8 Å². The van der Waals surface area contributed by atoms with E-state index in [4.69, 9.17) is 0 Å². The van der Waals surface area contributed by atoms with E-state index in [1.807, 2.05) is 44.1 Å². The number of anilines is 1. The molecule has 0 fully saturated rings. The van der Waals surface area contributed by atoms with Gasteiger partial charge in [0.25, 0.3) is 0 Å². The highest BCUT2D eigenvalue weighted by atomic mass is 32.2. The number of carbonyl (C=O) groups is 1. The molecule has 0 amide bonds. The fourth-order valence-electron chi connectivity index (χ4n) is 2.51. The lowest BCUT2D eigenvalue weighted by Gasteiger charge is -2.17. The zero-order valence-electron chi connectivity index (χ0n) is 13.7. The Hall–Kier alpha value is -1.92. The van der Waals surface area contributed by atoms with E-state index in [-0.39, 0.29) is 24.7 Å². The van der Waals surface area contributed by atoms with Gasteiger partial charge in [0.2, 0.25) is 10.0 Å². The van der Waals surface area contributed by atoms with Gasteiger partial charge in [-0.1, -0.05) is 38.6 Å². The number of sulfonamides is 1. The van der Waals surface area contributed by atoms with Crippen LogP contribution in [0.4, 0.5) is 5.69 Å². The predicted molar refractivity (Wildman–Crippen MR) is 100 cm³/mol. The maximum atomic E-state index is 12.6. The second-order valence-electron chi connectivity index (χ2n) is 5.64. The summed E-state index contributed by atoms with van der Waals surface area (Å²) in [5.74, 6) is -0.106. The number of Topliss-reactive ketones (excluding diaryl/α,β-unsaturated/α-hetero) is 1. The lowest BCUT2D eigenvalue weighted by atomic mass is 10.1. The van der Waals surface area contributed by atoms with E-state index < -0.39 is 10.0 Å². The summed E-state index contributed by atoms with van der Waals surface area (Å²) in [4.78, 5) is 13.7. The highest BCUT2D eigenvalue weighted by Gasteiger charge is 2.19. The van der Waals surface area contributed by atoms with Crippen molar-refractivity contribution >= 4 is 32.3 Å². The number of rotatable bonds is 7. The summed E-state index contributed by atoms with van der Waals surface area (Å²) in [6, 6.07) is 10.7. The number of benzene rings is 2. The second kappa shape index (κ2) is 8.26. The number of fused-ring (bicyclic) bond motifs is 1. The lowest BCUT2D eigenvalue weighted by molar-refractivity contribution is -0.118. The summed E-state index contributed by atoms with van der Waals surface area (Å²) in [6.45, 7) is 1.72. The zero-order chi connectivity index (χ0) is 17.0. The Morgan fingerprint density at radius 1 is 1.08 bits per heavy atom. The second-order valence-corrected chi connectivity index (χ2v) is 7.37. The summed E-state index contributed by atoms with van der Waals surface area (Å²) in [6.07, 6.45) is 1.09. The molecule has 2 aromatic carbocycles. The third kappa shape index (κ3) is 4.33. The molecule has 0 unspecified atom stereocenters. The Labute approximate surface area is 144 Å². The molecule has 0 atom stereocenters. The van der Waals surface area contributed by atoms with Crippen molar-refractivity contribution < 1.29 is 13.2 Å².